The Labute approximate surface area is 106 Å². The summed E-state index contributed by atoms with van der Waals surface area (Å²) in [6.07, 6.45) is 5.96. The van der Waals surface area contributed by atoms with Crippen LogP contribution >= 0.6 is 0 Å². The van der Waals surface area contributed by atoms with Gasteiger partial charge in [-0.1, -0.05) is 6.92 Å². The van der Waals surface area contributed by atoms with E-state index in [-0.39, 0.29) is 6.04 Å². The molecule has 0 aliphatic rings. The van der Waals surface area contributed by atoms with Gasteiger partial charge in [-0.25, -0.2) is 15.0 Å². The molecule has 18 heavy (non-hydrogen) atoms. The second kappa shape index (κ2) is 6.00. The summed E-state index contributed by atoms with van der Waals surface area (Å²) in [5.41, 5.74) is 0. The van der Waals surface area contributed by atoms with E-state index in [1.54, 1.807) is 18.5 Å². The summed E-state index contributed by atoms with van der Waals surface area (Å²) in [4.78, 5) is 15.5. The van der Waals surface area contributed by atoms with Crippen LogP contribution in [0.3, 0.4) is 0 Å². The summed E-state index contributed by atoms with van der Waals surface area (Å²) in [5.74, 6) is 2.17. The van der Waals surface area contributed by atoms with Crippen molar-refractivity contribution < 1.29 is 4.74 Å². The number of H-pyrrole nitrogens is 1. The van der Waals surface area contributed by atoms with Gasteiger partial charge in [0.25, 0.3) is 0 Å². The van der Waals surface area contributed by atoms with Gasteiger partial charge in [0.1, 0.15) is 18.0 Å². The van der Waals surface area contributed by atoms with Crippen molar-refractivity contribution in [3.05, 3.63) is 30.6 Å². The van der Waals surface area contributed by atoms with Gasteiger partial charge < -0.3 is 15.0 Å². The molecule has 0 fully saturated rings. The van der Waals surface area contributed by atoms with Gasteiger partial charge in [-0.3, -0.25) is 0 Å². The summed E-state index contributed by atoms with van der Waals surface area (Å²) in [5, 5.41) is 3.24. The third-order valence-corrected chi connectivity index (χ3v) is 2.39. The first-order valence-corrected chi connectivity index (χ1v) is 6.00. The third kappa shape index (κ3) is 3.19. The van der Waals surface area contributed by atoms with E-state index in [9.17, 15) is 0 Å². The summed E-state index contributed by atoms with van der Waals surface area (Å²) in [7, 11) is 0. The first kappa shape index (κ1) is 12.3. The van der Waals surface area contributed by atoms with Crippen LogP contribution in [0.5, 0.6) is 5.88 Å². The zero-order valence-electron chi connectivity index (χ0n) is 10.6. The van der Waals surface area contributed by atoms with E-state index >= 15 is 0 Å². The van der Waals surface area contributed by atoms with Crippen molar-refractivity contribution in [2.75, 3.05) is 11.9 Å². The average molecular weight is 247 g/mol. The number of nitrogens with zero attached hydrogens (tertiary/aromatic N) is 3. The Morgan fingerprint density at radius 1 is 1.39 bits per heavy atom. The maximum Gasteiger partial charge on any atom is 0.218 e. The number of rotatable bonds is 6. The fourth-order valence-corrected chi connectivity index (χ4v) is 1.51. The molecule has 6 nitrogen and oxygen atoms in total. The Kier molecular flexibility index (Phi) is 4.11. The molecule has 2 heterocycles. The summed E-state index contributed by atoms with van der Waals surface area (Å²) >= 11 is 0. The van der Waals surface area contributed by atoms with Crippen molar-refractivity contribution >= 4 is 5.82 Å². The van der Waals surface area contributed by atoms with Gasteiger partial charge in [-0.2, -0.15) is 0 Å². The molecule has 0 amide bonds. The predicted octanol–water partition coefficient (Wildman–Crippen LogP) is 2.16. The smallest absolute Gasteiger partial charge is 0.218 e. The fourth-order valence-electron chi connectivity index (χ4n) is 1.51. The van der Waals surface area contributed by atoms with Crippen LogP contribution in [0, 0.1) is 0 Å². The number of hydrogen-bond donors (Lipinski definition) is 2. The topological polar surface area (TPSA) is 75.7 Å². The van der Waals surface area contributed by atoms with Crippen molar-refractivity contribution in [2.24, 2.45) is 0 Å². The van der Waals surface area contributed by atoms with E-state index in [1.165, 1.54) is 6.33 Å². The van der Waals surface area contributed by atoms with E-state index in [2.05, 4.69) is 32.2 Å². The highest BCUT2D eigenvalue weighted by molar-refractivity contribution is 5.38. The highest BCUT2D eigenvalue weighted by Gasteiger charge is 2.08. The molecule has 2 aromatic rings. The largest absolute Gasteiger partial charge is 0.478 e. The zero-order valence-corrected chi connectivity index (χ0v) is 10.6. The number of ether oxygens (including phenoxy) is 1. The Morgan fingerprint density at radius 3 is 3.00 bits per heavy atom. The Bertz CT molecular complexity index is 471. The lowest BCUT2D eigenvalue weighted by atomic mass is 10.3. The van der Waals surface area contributed by atoms with E-state index in [0.29, 0.717) is 12.5 Å². The monoisotopic (exact) mass is 247 g/mol. The second-order valence-electron chi connectivity index (χ2n) is 3.93. The molecular weight excluding hydrogens is 230 g/mol. The van der Waals surface area contributed by atoms with Crippen molar-refractivity contribution in [1.29, 1.82) is 0 Å². The highest BCUT2D eigenvalue weighted by atomic mass is 16.5. The van der Waals surface area contributed by atoms with Crippen LogP contribution in [-0.2, 0) is 0 Å². The van der Waals surface area contributed by atoms with E-state index < -0.39 is 0 Å². The van der Waals surface area contributed by atoms with Gasteiger partial charge in [0, 0.05) is 18.5 Å². The lowest BCUT2D eigenvalue weighted by molar-refractivity contribution is 0.305. The summed E-state index contributed by atoms with van der Waals surface area (Å²) in [6.45, 7) is 4.72. The number of hydrogen-bond acceptors (Lipinski definition) is 5. The lowest BCUT2D eigenvalue weighted by Gasteiger charge is -2.12. The number of aromatic amines is 1. The molecule has 0 aliphatic carbocycles. The first-order valence-electron chi connectivity index (χ1n) is 6.00. The molecule has 2 rings (SSSR count). The Hall–Kier alpha value is -2.11. The average Bonchev–Trinajstić information content (AvgIpc) is 2.91. The van der Waals surface area contributed by atoms with Crippen LogP contribution in [-0.4, -0.2) is 26.5 Å². The van der Waals surface area contributed by atoms with Crippen molar-refractivity contribution in [2.45, 2.75) is 26.3 Å². The normalized spacial score (nSPS) is 12.1. The van der Waals surface area contributed by atoms with Crippen LogP contribution in [0.25, 0.3) is 0 Å². The zero-order chi connectivity index (χ0) is 12.8. The molecule has 96 valence electrons. The molecule has 0 saturated heterocycles. The van der Waals surface area contributed by atoms with Crippen LogP contribution in [0.2, 0.25) is 0 Å². The van der Waals surface area contributed by atoms with Gasteiger partial charge in [0.15, 0.2) is 0 Å². The van der Waals surface area contributed by atoms with E-state index in [4.69, 9.17) is 4.74 Å². The molecule has 2 aromatic heterocycles. The molecule has 1 atom stereocenters. The van der Waals surface area contributed by atoms with E-state index in [1.807, 2.05) is 6.92 Å². The Balaban J connectivity index is 2.00. The molecule has 0 aliphatic heterocycles. The van der Waals surface area contributed by atoms with Gasteiger partial charge in [-0.15, -0.1) is 0 Å². The number of nitrogens with one attached hydrogen (secondary N) is 2. The molecule has 0 spiro atoms. The number of anilines is 1. The molecule has 1 unspecified atom stereocenters. The van der Waals surface area contributed by atoms with Crippen LogP contribution in [0.15, 0.2) is 24.8 Å². The van der Waals surface area contributed by atoms with Gasteiger partial charge in [0.2, 0.25) is 5.88 Å². The van der Waals surface area contributed by atoms with Crippen LogP contribution in [0.1, 0.15) is 32.1 Å². The predicted molar refractivity (Wildman–Crippen MR) is 68.4 cm³/mol. The molecule has 0 bridgehead atoms. The highest BCUT2D eigenvalue weighted by Crippen LogP contribution is 2.17. The standard InChI is InChI=1S/C12H17N5O/c1-3-6-18-11-7-10(15-8-16-11)17-9(2)12-13-4-5-14-12/h4-5,7-9H,3,6H2,1-2H3,(H,13,14)(H,15,16,17). The molecular formula is C12H17N5O. The fraction of sp³-hybridized carbons (Fsp3) is 0.417. The molecule has 2 N–H and O–H groups in total. The van der Waals surface area contributed by atoms with E-state index in [0.717, 1.165) is 18.1 Å². The third-order valence-electron chi connectivity index (χ3n) is 2.39. The molecule has 0 aromatic carbocycles. The number of imidazole rings is 1. The van der Waals surface area contributed by atoms with Gasteiger partial charge in [-0.05, 0) is 13.3 Å². The molecule has 0 saturated carbocycles. The van der Waals surface area contributed by atoms with Crippen molar-refractivity contribution in [3.8, 4) is 5.88 Å². The van der Waals surface area contributed by atoms with Crippen molar-refractivity contribution in [1.82, 2.24) is 19.9 Å². The maximum absolute atomic E-state index is 5.45. The quantitative estimate of drug-likeness (QED) is 0.818. The lowest BCUT2D eigenvalue weighted by Crippen LogP contribution is -2.10. The summed E-state index contributed by atoms with van der Waals surface area (Å²) < 4.78 is 5.45. The molecule has 6 heteroatoms. The second-order valence-corrected chi connectivity index (χ2v) is 3.93. The Morgan fingerprint density at radius 2 is 2.28 bits per heavy atom. The first-order chi connectivity index (χ1) is 8.79. The van der Waals surface area contributed by atoms with Crippen LogP contribution < -0.4 is 10.1 Å². The number of aromatic nitrogens is 4. The minimum absolute atomic E-state index is 0.0499. The minimum atomic E-state index is 0.0499. The van der Waals surface area contributed by atoms with Gasteiger partial charge in [0.05, 0.1) is 12.6 Å². The minimum Gasteiger partial charge on any atom is -0.478 e. The summed E-state index contributed by atoms with van der Waals surface area (Å²) in [6, 6.07) is 1.84. The molecule has 0 radical (unpaired) electrons. The SMILES string of the molecule is CCCOc1cc(NC(C)c2ncc[nH]2)ncn1. The maximum atomic E-state index is 5.45. The van der Waals surface area contributed by atoms with Gasteiger partial charge >= 0.3 is 0 Å². The van der Waals surface area contributed by atoms with Crippen molar-refractivity contribution in [3.63, 3.8) is 0 Å². The van der Waals surface area contributed by atoms with Crippen LogP contribution in [0.4, 0.5) is 5.82 Å².